The van der Waals surface area contributed by atoms with E-state index < -0.39 is 72.8 Å². The fraction of sp³-hybridized carbons (Fsp3) is 0.795. The summed E-state index contributed by atoms with van der Waals surface area (Å²) in [6, 6.07) is -3.26. The second kappa shape index (κ2) is 40.4. The van der Waals surface area contributed by atoms with Gasteiger partial charge in [-0.3, -0.25) is 48.1 Å². The first-order chi connectivity index (χ1) is 31.5. The average molecular weight is 946 g/mol. The summed E-state index contributed by atoms with van der Waals surface area (Å²) >= 11 is 0. The standard InChI is InChI=1S/C44H79N7O15/c1-46-34(22-23-39(56)57)43(63)50-35(19-15-17-26-51(30-40(58)59)31-41(60)61)44(64)49-33(42(45)62)18-14-16-24-47-37(53)32-66-29-28-65-27-25-48-36(52)20-12-10-8-6-4-2-3-5-7-9-11-13-21-38(54)55/h33-35,46H,2-32H2,1H3,(H2,45,62)(H,47,53)(H,48,52)(H,49,64)(H,50,63)(H,54,55)(H,56,57)(H,58,59)(H,60,61)/t33-,34-,35-/m0/s1. The number of nitrogens with one attached hydrogen (secondary N) is 5. The van der Waals surface area contributed by atoms with Gasteiger partial charge in [-0.2, -0.15) is 0 Å². The number of primary amides is 1. The predicted octanol–water partition coefficient (Wildman–Crippen LogP) is 1.52. The summed E-state index contributed by atoms with van der Waals surface area (Å²) in [6.45, 7) is 0.195. The third-order valence-corrected chi connectivity index (χ3v) is 10.5. The van der Waals surface area contributed by atoms with Crippen LogP contribution in [-0.4, -0.2) is 163 Å². The third kappa shape index (κ3) is 37.3. The van der Waals surface area contributed by atoms with E-state index in [2.05, 4.69) is 26.6 Å². The molecule has 380 valence electrons. The number of hydrogen-bond donors (Lipinski definition) is 10. The van der Waals surface area contributed by atoms with Crippen molar-refractivity contribution < 1.29 is 73.1 Å². The van der Waals surface area contributed by atoms with E-state index in [1.54, 1.807) is 0 Å². The van der Waals surface area contributed by atoms with Crippen molar-refractivity contribution in [1.29, 1.82) is 0 Å². The van der Waals surface area contributed by atoms with Crippen molar-refractivity contribution in [2.45, 2.75) is 159 Å². The molecule has 0 bridgehead atoms. The summed E-state index contributed by atoms with van der Waals surface area (Å²) < 4.78 is 10.8. The molecule has 0 aliphatic heterocycles. The van der Waals surface area contributed by atoms with Crippen LogP contribution >= 0.6 is 0 Å². The van der Waals surface area contributed by atoms with Crippen LogP contribution in [0.2, 0.25) is 0 Å². The van der Waals surface area contributed by atoms with E-state index in [9.17, 15) is 43.2 Å². The number of hydrogen-bond acceptors (Lipinski definition) is 13. The van der Waals surface area contributed by atoms with Crippen LogP contribution in [0, 0.1) is 0 Å². The Labute approximate surface area is 388 Å². The van der Waals surface area contributed by atoms with Gasteiger partial charge in [-0.25, -0.2) is 0 Å². The van der Waals surface area contributed by atoms with Gasteiger partial charge in [-0.05, 0) is 71.4 Å². The molecule has 3 atom stereocenters. The van der Waals surface area contributed by atoms with E-state index >= 15 is 0 Å². The van der Waals surface area contributed by atoms with Crippen LogP contribution in [0.25, 0.3) is 0 Å². The summed E-state index contributed by atoms with van der Waals surface area (Å²) in [4.78, 5) is 108. The highest BCUT2D eigenvalue weighted by atomic mass is 16.5. The van der Waals surface area contributed by atoms with Crippen molar-refractivity contribution in [2.24, 2.45) is 5.73 Å². The maximum absolute atomic E-state index is 13.4. The van der Waals surface area contributed by atoms with Crippen molar-refractivity contribution in [2.75, 3.05) is 66.2 Å². The number of ether oxygens (including phenoxy) is 2. The fourth-order valence-electron chi connectivity index (χ4n) is 6.87. The highest BCUT2D eigenvalue weighted by Crippen LogP contribution is 2.13. The third-order valence-electron chi connectivity index (χ3n) is 10.5. The van der Waals surface area contributed by atoms with E-state index in [4.69, 9.17) is 35.6 Å². The summed E-state index contributed by atoms with van der Waals surface area (Å²) in [5.41, 5.74) is 5.57. The molecule has 0 aromatic carbocycles. The van der Waals surface area contributed by atoms with Gasteiger partial charge in [0.2, 0.25) is 29.5 Å². The van der Waals surface area contributed by atoms with Crippen LogP contribution in [0.5, 0.6) is 0 Å². The Balaban J connectivity index is 4.38. The van der Waals surface area contributed by atoms with Gasteiger partial charge in [0.15, 0.2) is 0 Å². The molecule has 22 nitrogen and oxygen atoms in total. The monoisotopic (exact) mass is 946 g/mol. The number of aliphatic carboxylic acids is 4. The molecule has 22 heteroatoms. The van der Waals surface area contributed by atoms with E-state index in [-0.39, 0.29) is 89.7 Å². The van der Waals surface area contributed by atoms with Gasteiger partial charge in [0.25, 0.3) is 0 Å². The van der Waals surface area contributed by atoms with E-state index in [0.29, 0.717) is 32.4 Å². The van der Waals surface area contributed by atoms with Crippen molar-refractivity contribution in [3.63, 3.8) is 0 Å². The maximum atomic E-state index is 13.4. The van der Waals surface area contributed by atoms with Gasteiger partial charge >= 0.3 is 23.9 Å². The Bertz CT molecular complexity index is 1420. The lowest BCUT2D eigenvalue weighted by Gasteiger charge is -2.24. The first-order valence-electron chi connectivity index (χ1n) is 23.4. The molecule has 0 heterocycles. The topological polar surface area (TPSA) is 342 Å². The highest BCUT2D eigenvalue weighted by Gasteiger charge is 2.28. The quantitative estimate of drug-likeness (QED) is 0.0387. The molecular weight excluding hydrogens is 867 g/mol. The average Bonchev–Trinajstić information content (AvgIpc) is 3.24. The molecule has 0 aromatic heterocycles. The highest BCUT2D eigenvalue weighted by molar-refractivity contribution is 5.92. The molecule has 0 spiro atoms. The second-order valence-electron chi connectivity index (χ2n) is 16.3. The van der Waals surface area contributed by atoms with Gasteiger partial charge in [-0.1, -0.05) is 64.2 Å². The van der Waals surface area contributed by atoms with Crippen molar-refractivity contribution in [1.82, 2.24) is 31.5 Å². The Morgan fingerprint density at radius 3 is 1.52 bits per heavy atom. The number of carboxylic acid groups (broad SMARTS) is 4. The molecule has 0 unspecified atom stereocenters. The van der Waals surface area contributed by atoms with E-state index in [1.807, 2.05) is 0 Å². The number of nitrogens with two attached hydrogens (primary N) is 1. The summed E-state index contributed by atoms with van der Waals surface area (Å²) in [5.74, 6) is -6.87. The largest absolute Gasteiger partial charge is 0.481 e. The molecule has 0 aliphatic carbocycles. The zero-order valence-electron chi connectivity index (χ0n) is 39.0. The number of rotatable bonds is 46. The normalized spacial score (nSPS) is 12.5. The first-order valence-corrected chi connectivity index (χ1v) is 23.4. The van der Waals surface area contributed by atoms with Crippen LogP contribution in [0.15, 0.2) is 0 Å². The number of unbranched alkanes of at least 4 members (excludes halogenated alkanes) is 13. The fourth-order valence-corrected chi connectivity index (χ4v) is 6.87. The number of nitrogens with zero attached hydrogens (tertiary/aromatic N) is 1. The SMILES string of the molecule is CN[C@@H](CCC(=O)O)C(=O)N[C@@H](CCCCN(CC(=O)O)CC(=O)O)C(=O)N[C@@H](CCCCNC(=O)COCCOCCNC(=O)CCCCCCCCCCCCCCC(=O)O)C(N)=O. The predicted molar refractivity (Wildman–Crippen MR) is 242 cm³/mol. The molecule has 0 fully saturated rings. The van der Waals surface area contributed by atoms with Crippen molar-refractivity contribution >= 4 is 53.4 Å². The molecule has 0 rings (SSSR count). The van der Waals surface area contributed by atoms with Gasteiger partial charge in [-0.15, -0.1) is 0 Å². The van der Waals surface area contributed by atoms with Crippen LogP contribution in [0.1, 0.15) is 141 Å². The summed E-state index contributed by atoms with van der Waals surface area (Å²) in [5, 5.41) is 49.3. The lowest BCUT2D eigenvalue weighted by Crippen LogP contribution is -2.55. The van der Waals surface area contributed by atoms with E-state index in [1.165, 1.54) is 50.5 Å². The Morgan fingerprint density at radius 2 is 0.970 bits per heavy atom. The zero-order chi connectivity index (χ0) is 49.4. The van der Waals surface area contributed by atoms with Gasteiger partial charge < -0.3 is 62.2 Å². The minimum atomic E-state index is -1.21. The first kappa shape index (κ1) is 61.1. The second-order valence-corrected chi connectivity index (χ2v) is 16.3. The van der Waals surface area contributed by atoms with Gasteiger partial charge in [0.05, 0.1) is 39.0 Å². The number of amides is 5. The zero-order valence-corrected chi connectivity index (χ0v) is 39.0. The smallest absolute Gasteiger partial charge is 0.317 e. The number of carboxylic acids is 4. The van der Waals surface area contributed by atoms with Crippen molar-refractivity contribution in [3.05, 3.63) is 0 Å². The van der Waals surface area contributed by atoms with Crippen LogP contribution in [-0.2, 0) is 52.6 Å². The summed E-state index contributed by atoms with van der Waals surface area (Å²) in [6.07, 6.45) is 14.8. The van der Waals surface area contributed by atoms with Gasteiger partial charge in [0.1, 0.15) is 18.7 Å². The Hall–Kier alpha value is -4.93. The molecular formula is C44H79N7O15. The number of carbonyl (C=O) groups excluding carboxylic acids is 5. The molecule has 66 heavy (non-hydrogen) atoms. The van der Waals surface area contributed by atoms with E-state index in [0.717, 1.165) is 38.5 Å². The maximum Gasteiger partial charge on any atom is 0.317 e. The van der Waals surface area contributed by atoms with Crippen molar-refractivity contribution in [3.8, 4) is 0 Å². The minimum Gasteiger partial charge on any atom is -0.481 e. The number of likely N-dealkylation sites (N-methyl/N-ethyl adjacent to an activating group) is 1. The molecule has 5 amide bonds. The lowest BCUT2D eigenvalue weighted by atomic mass is 10.0. The molecule has 0 aromatic rings. The Morgan fingerprint density at radius 1 is 0.485 bits per heavy atom. The molecule has 11 N–H and O–H groups in total. The molecule has 0 saturated carbocycles. The van der Waals surface area contributed by atoms with Crippen LogP contribution in [0.3, 0.4) is 0 Å². The van der Waals surface area contributed by atoms with Crippen LogP contribution < -0.4 is 32.3 Å². The number of carbonyl (C=O) groups is 9. The van der Waals surface area contributed by atoms with Gasteiger partial charge in [0, 0.05) is 32.4 Å². The summed E-state index contributed by atoms with van der Waals surface area (Å²) in [7, 11) is 1.45. The van der Waals surface area contributed by atoms with Crippen LogP contribution in [0.4, 0.5) is 0 Å². The molecule has 0 aliphatic rings. The molecule has 0 saturated heterocycles. The lowest BCUT2D eigenvalue weighted by molar-refractivity contribution is -0.142. The molecule has 0 radical (unpaired) electrons. The Kier molecular flexibility index (Phi) is 37.3. The minimum absolute atomic E-state index is 0.0144.